The lowest BCUT2D eigenvalue weighted by atomic mass is 9.96. The van der Waals surface area contributed by atoms with Crippen molar-refractivity contribution < 1.29 is 0 Å². The molecule has 1 aliphatic rings. The van der Waals surface area contributed by atoms with Gasteiger partial charge in [-0.05, 0) is 31.9 Å². The van der Waals surface area contributed by atoms with Crippen molar-refractivity contribution in [1.29, 1.82) is 0 Å². The Labute approximate surface area is 168 Å². The van der Waals surface area contributed by atoms with Gasteiger partial charge in [0.25, 0.3) is 0 Å². The number of benzene rings is 1. The lowest BCUT2D eigenvalue weighted by Crippen LogP contribution is -2.35. The van der Waals surface area contributed by atoms with Crippen LogP contribution in [0.25, 0.3) is 10.9 Å². The third kappa shape index (κ3) is 3.29. The van der Waals surface area contributed by atoms with Crippen molar-refractivity contribution in [3.8, 4) is 0 Å². The van der Waals surface area contributed by atoms with E-state index in [9.17, 15) is 0 Å². The van der Waals surface area contributed by atoms with E-state index in [2.05, 4.69) is 63.3 Å². The molecule has 1 saturated heterocycles. The van der Waals surface area contributed by atoms with Crippen molar-refractivity contribution in [2.75, 3.05) is 18.0 Å². The highest BCUT2D eigenvalue weighted by molar-refractivity contribution is 7.07. The van der Waals surface area contributed by atoms with Gasteiger partial charge in [0.2, 0.25) is 0 Å². The van der Waals surface area contributed by atoms with E-state index < -0.39 is 0 Å². The molecule has 6 heteroatoms. The highest BCUT2D eigenvalue weighted by Crippen LogP contribution is 2.33. The van der Waals surface area contributed by atoms with Crippen LogP contribution in [-0.2, 0) is 6.54 Å². The molecule has 0 amide bonds. The Kier molecular flexibility index (Phi) is 4.56. The van der Waals surface area contributed by atoms with E-state index in [0.29, 0.717) is 5.92 Å². The molecule has 3 aromatic heterocycles. The van der Waals surface area contributed by atoms with Crippen molar-refractivity contribution in [3.63, 3.8) is 0 Å². The number of hydrogen-bond acceptors (Lipinski definition) is 5. The normalized spacial score (nSPS) is 17.3. The third-order valence-electron chi connectivity index (χ3n) is 5.51. The maximum absolute atomic E-state index is 4.73. The third-order valence-corrected chi connectivity index (χ3v) is 6.15. The predicted molar refractivity (Wildman–Crippen MR) is 114 cm³/mol. The average molecular weight is 390 g/mol. The second-order valence-corrected chi connectivity index (χ2v) is 8.20. The molecular formula is C22H23N5S. The number of aryl methyl sites for hydroxylation is 1. The summed E-state index contributed by atoms with van der Waals surface area (Å²) in [6.45, 7) is 4.95. The van der Waals surface area contributed by atoms with Crippen molar-refractivity contribution in [3.05, 3.63) is 70.8 Å². The molecule has 142 valence electrons. The van der Waals surface area contributed by atoms with Crippen molar-refractivity contribution in [1.82, 2.24) is 19.5 Å². The molecule has 0 radical (unpaired) electrons. The van der Waals surface area contributed by atoms with E-state index in [0.717, 1.165) is 36.5 Å². The van der Waals surface area contributed by atoms with Crippen LogP contribution in [0.5, 0.6) is 0 Å². The quantitative estimate of drug-likeness (QED) is 0.511. The molecular weight excluding hydrogens is 366 g/mol. The molecule has 0 spiro atoms. The molecule has 0 bridgehead atoms. The zero-order valence-corrected chi connectivity index (χ0v) is 16.8. The fourth-order valence-corrected chi connectivity index (χ4v) is 4.81. The predicted octanol–water partition coefficient (Wildman–Crippen LogP) is 4.63. The van der Waals surface area contributed by atoms with E-state index in [1.165, 1.54) is 29.7 Å². The van der Waals surface area contributed by atoms with Gasteiger partial charge in [0.15, 0.2) is 0 Å². The van der Waals surface area contributed by atoms with Crippen LogP contribution in [-0.4, -0.2) is 32.6 Å². The molecule has 0 N–H and O–H groups in total. The lowest BCUT2D eigenvalue weighted by Gasteiger charge is -2.35. The number of hydrogen-bond donors (Lipinski definition) is 0. The van der Waals surface area contributed by atoms with Gasteiger partial charge in [-0.3, -0.25) is 4.98 Å². The second-order valence-electron chi connectivity index (χ2n) is 7.48. The minimum absolute atomic E-state index is 0.426. The number of anilines is 1. The largest absolute Gasteiger partial charge is 0.370 e. The van der Waals surface area contributed by atoms with Crippen LogP contribution in [0.15, 0.2) is 53.6 Å². The Hall–Kier alpha value is -2.73. The average Bonchev–Trinajstić information content (AvgIpc) is 3.40. The smallest absolute Gasteiger partial charge is 0.113 e. The molecule has 1 atom stereocenters. The van der Waals surface area contributed by atoms with Gasteiger partial charge in [0.05, 0.1) is 23.3 Å². The fourth-order valence-electron chi connectivity index (χ4n) is 4.26. The number of aromatic nitrogens is 4. The minimum Gasteiger partial charge on any atom is -0.370 e. The highest BCUT2D eigenvalue weighted by Gasteiger charge is 2.26. The molecule has 5 rings (SSSR count). The molecule has 0 saturated carbocycles. The number of nitrogens with zero attached hydrogens (tertiary/aromatic N) is 5. The second kappa shape index (κ2) is 7.36. The Morgan fingerprint density at radius 2 is 2.14 bits per heavy atom. The number of thiazole rings is 1. The first-order valence-electron chi connectivity index (χ1n) is 9.77. The first-order chi connectivity index (χ1) is 13.8. The van der Waals surface area contributed by atoms with Gasteiger partial charge in [-0.1, -0.05) is 18.2 Å². The summed E-state index contributed by atoms with van der Waals surface area (Å²) >= 11 is 1.64. The Bertz CT molecular complexity index is 1090. The van der Waals surface area contributed by atoms with Gasteiger partial charge in [-0.15, -0.1) is 11.3 Å². The molecule has 5 nitrogen and oxygen atoms in total. The van der Waals surface area contributed by atoms with Crippen molar-refractivity contribution in [2.24, 2.45) is 0 Å². The van der Waals surface area contributed by atoms with E-state index in [1.54, 1.807) is 11.3 Å². The summed E-state index contributed by atoms with van der Waals surface area (Å²) in [5.41, 5.74) is 6.44. The van der Waals surface area contributed by atoms with Gasteiger partial charge in [0, 0.05) is 53.5 Å². The zero-order valence-electron chi connectivity index (χ0n) is 16.0. The zero-order chi connectivity index (χ0) is 18.9. The summed E-state index contributed by atoms with van der Waals surface area (Å²) in [5, 5.41) is 3.35. The molecule has 1 fully saturated rings. The van der Waals surface area contributed by atoms with Crippen LogP contribution in [0.4, 0.5) is 5.69 Å². The van der Waals surface area contributed by atoms with Gasteiger partial charge >= 0.3 is 0 Å². The Balaban J connectivity index is 1.45. The monoisotopic (exact) mass is 389 g/mol. The number of imidazole rings is 1. The highest BCUT2D eigenvalue weighted by atomic mass is 32.1. The number of fused-ring (bicyclic) bond motifs is 1. The van der Waals surface area contributed by atoms with Gasteiger partial charge in [-0.25, -0.2) is 9.97 Å². The molecule has 4 aromatic rings. The van der Waals surface area contributed by atoms with Gasteiger partial charge in [0.1, 0.15) is 5.82 Å². The lowest BCUT2D eigenvalue weighted by molar-refractivity contribution is 0.476. The van der Waals surface area contributed by atoms with Crippen LogP contribution in [0, 0.1) is 6.92 Å². The van der Waals surface area contributed by atoms with Crippen LogP contribution in [0.3, 0.4) is 0 Å². The summed E-state index contributed by atoms with van der Waals surface area (Å²) in [6, 6.07) is 10.7. The molecule has 28 heavy (non-hydrogen) atoms. The Morgan fingerprint density at radius 3 is 3.04 bits per heavy atom. The molecule has 4 heterocycles. The molecule has 1 aromatic carbocycles. The summed E-state index contributed by atoms with van der Waals surface area (Å²) in [5.74, 6) is 1.60. The van der Waals surface area contributed by atoms with Crippen LogP contribution < -0.4 is 4.90 Å². The first kappa shape index (κ1) is 17.4. The van der Waals surface area contributed by atoms with E-state index in [1.807, 2.05) is 11.7 Å². The van der Waals surface area contributed by atoms with E-state index in [4.69, 9.17) is 9.97 Å². The first-order valence-corrected chi connectivity index (χ1v) is 10.7. The molecule has 0 aliphatic carbocycles. The fraction of sp³-hybridized carbons (Fsp3) is 0.318. The summed E-state index contributed by atoms with van der Waals surface area (Å²) in [4.78, 5) is 16.4. The maximum Gasteiger partial charge on any atom is 0.113 e. The van der Waals surface area contributed by atoms with Gasteiger partial charge in [-0.2, -0.15) is 0 Å². The van der Waals surface area contributed by atoms with Crippen LogP contribution in [0.1, 0.15) is 36.0 Å². The number of piperidine rings is 1. The SMILES string of the molecule is Cc1cc(N2CCC[C@@H](c3nccn3Cc3cscn3)C2)c2ccccc2n1. The topological polar surface area (TPSA) is 46.8 Å². The van der Waals surface area contributed by atoms with Crippen molar-refractivity contribution in [2.45, 2.75) is 32.2 Å². The van der Waals surface area contributed by atoms with Crippen LogP contribution >= 0.6 is 11.3 Å². The van der Waals surface area contributed by atoms with Crippen LogP contribution in [0.2, 0.25) is 0 Å². The standard InChI is InChI=1S/C22H23N5S/c1-16-11-21(19-6-2-3-7-20(19)25-16)26-9-4-5-17(12-26)22-23-8-10-27(22)13-18-14-28-15-24-18/h2-3,6-8,10-11,14-15,17H,4-5,9,12-13H2,1H3/t17-/m1/s1. The summed E-state index contributed by atoms with van der Waals surface area (Å²) in [7, 11) is 0. The van der Waals surface area contributed by atoms with Gasteiger partial charge < -0.3 is 9.47 Å². The van der Waals surface area contributed by atoms with E-state index >= 15 is 0 Å². The molecule has 0 unspecified atom stereocenters. The maximum atomic E-state index is 4.73. The van der Waals surface area contributed by atoms with E-state index in [-0.39, 0.29) is 0 Å². The number of pyridine rings is 1. The molecule has 1 aliphatic heterocycles. The van der Waals surface area contributed by atoms with Crippen molar-refractivity contribution >= 4 is 27.9 Å². The number of rotatable bonds is 4. The summed E-state index contributed by atoms with van der Waals surface area (Å²) < 4.78 is 2.26. The Morgan fingerprint density at radius 1 is 1.21 bits per heavy atom. The minimum atomic E-state index is 0.426. The number of para-hydroxylation sites is 1. The summed E-state index contributed by atoms with van der Waals surface area (Å²) in [6.07, 6.45) is 6.35.